The van der Waals surface area contributed by atoms with Gasteiger partial charge in [0.05, 0.1) is 6.54 Å². The van der Waals surface area contributed by atoms with Gasteiger partial charge in [0.15, 0.2) is 5.96 Å². The van der Waals surface area contributed by atoms with Crippen molar-refractivity contribution in [3.63, 3.8) is 0 Å². The molecule has 1 amide bonds. The topological polar surface area (TPSA) is 80.8 Å². The van der Waals surface area contributed by atoms with Crippen LogP contribution in [0.4, 0.5) is 0 Å². The van der Waals surface area contributed by atoms with Crippen LogP contribution >= 0.6 is 24.0 Å². The van der Waals surface area contributed by atoms with Crippen LogP contribution in [0.2, 0.25) is 0 Å². The van der Waals surface area contributed by atoms with E-state index in [1.807, 2.05) is 13.1 Å². The molecule has 0 saturated carbocycles. The number of hydrogen-bond donors (Lipinski definition) is 4. The molecule has 170 valence electrons. The third-order valence-electron chi connectivity index (χ3n) is 5.40. The average Bonchev–Trinajstić information content (AvgIpc) is 2.72. The van der Waals surface area contributed by atoms with Crippen molar-refractivity contribution < 1.29 is 4.79 Å². The van der Waals surface area contributed by atoms with E-state index in [9.17, 15) is 4.79 Å². The zero-order valence-corrected chi connectivity index (χ0v) is 21.3. The monoisotopic (exact) mass is 530 g/mol. The molecular formula is C22H39IN6O. The van der Waals surface area contributed by atoms with Gasteiger partial charge in [-0.05, 0) is 39.2 Å². The molecule has 1 unspecified atom stereocenters. The van der Waals surface area contributed by atoms with Crippen LogP contribution in [0.3, 0.4) is 0 Å². The first-order valence-corrected chi connectivity index (χ1v) is 10.6. The number of aliphatic imine (C=N–C) groups is 1. The number of amides is 1. The van der Waals surface area contributed by atoms with Gasteiger partial charge in [-0.3, -0.25) is 14.7 Å². The molecule has 8 heteroatoms. The number of hydrogen-bond acceptors (Lipinski definition) is 4. The zero-order chi connectivity index (χ0) is 21.3. The van der Waals surface area contributed by atoms with Crippen LogP contribution in [0.5, 0.6) is 0 Å². The fraction of sp³-hybridized carbons (Fsp3) is 0.636. The lowest BCUT2D eigenvalue weighted by Crippen LogP contribution is -2.54. The largest absolute Gasteiger partial charge is 0.358 e. The molecule has 0 radical (unpaired) electrons. The summed E-state index contributed by atoms with van der Waals surface area (Å²) < 4.78 is 0. The minimum atomic E-state index is -0.0935. The Kier molecular flexibility index (Phi) is 11.6. The Hall–Kier alpha value is -1.39. The van der Waals surface area contributed by atoms with E-state index in [0.717, 1.165) is 38.4 Å². The summed E-state index contributed by atoms with van der Waals surface area (Å²) in [5.74, 6) is 0.908. The van der Waals surface area contributed by atoms with E-state index >= 15 is 0 Å². The van der Waals surface area contributed by atoms with Gasteiger partial charge in [-0.25, -0.2) is 0 Å². The summed E-state index contributed by atoms with van der Waals surface area (Å²) in [5.41, 5.74) is 1.19. The molecule has 1 aromatic rings. The highest BCUT2D eigenvalue weighted by atomic mass is 127. The van der Waals surface area contributed by atoms with Crippen LogP contribution < -0.4 is 21.3 Å². The van der Waals surface area contributed by atoms with Crippen molar-refractivity contribution in [1.29, 1.82) is 0 Å². The van der Waals surface area contributed by atoms with Crippen LogP contribution in [0.1, 0.15) is 45.2 Å². The smallest absolute Gasteiger partial charge is 0.233 e. The Morgan fingerprint density at radius 2 is 1.87 bits per heavy atom. The second kappa shape index (κ2) is 13.1. The Morgan fingerprint density at radius 1 is 1.23 bits per heavy atom. The molecule has 30 heavy (non-hydrogen) atoms. The van der Waals surface area contributed by atoms with Gasteiger partial charge in [-0.15, -0.1) is 24.0 Å². The molecule has 0 bridgehead atoms. The number of nitrogens with zero attached hydrogens (tertiary/aromatic N) is 2. The summed E-state index contributed by atoms with van der Waals surface area (Å²) in [7, 11) is 3.49. The Balaban J connectivity index is 0.00000450. The fourth-order valence-electron chi connectivity index (χ4n) is 3.67. The van der Waals surface area contributed by atoms with Crippen molar-refractivity contribution in [1.82, 2.24) is 26.2 Å². The van der Waals surface area contributed by atoms with Crippen molar-refractivity contribution in [2.45, 2.75) is 51.2 Å². The maximum atomic E-state index is 11.5. The summed E-state index contributed by atoms with van der Waals surface area (Å²) in [6, 6.07) is 11.1. The van der Waals surface area contributed by atoms with Crippen molar-refractivity contribution in [3.05, 3.63) is 35.9 Å². The third kappa shape index (κ3) is 9.18. The number of likely N-dealkylation sites (tertiary alicyclic amines) is 1. The SMILES string of the molecule is CN=C(NCC(C)(C)NC(C)c1ccccc1)NC1CCN(CC(=O)NC)CC1.I. The first kappa shape index (κ1) is 26.6. The predicted molar refractivity (Wildman–Crippen MR) is 136 cm³/mol. The summed E-state index contributed by atoms with van der Waals surface area (Å²) in [6.07, 6.45) is 2.01. The fourth-order valence-corrected chi connectivity index (χ4v) is 3.67. The number of guanidine groups is 1. The summed E-state index contributed by atoms with van der Waals surface area (Å²) in [6.45, 7) is 9.67. The molecule has 0 spiro atoms. The van der Waals surface area contributed by atoms with Gasteiger partial charge in [0.1, 0.15) is 0 Å². The highest BCUT2D eigenvalue weighted by Crippen LogP contribution is 2.16. The number of carbonyl (C=O) groups is 1. The number of halogens is 1. The number of rotatable bonds is 8. The van der Waals surface area contributed by atoms with Crippen LogP contribution in [-0.4, -0.2) is 68.6 Å². The lowest BCUT2D eigenvalue weighted by Gasteiger charge is -2.34. The van der Waals surface area contributed by atoms with Gasteiger partial charge >= 0.3 is 0 Å². The van der Waals surface area contributed by atoms with Gasteiger partial charge in [-0.2, -0.15) is 0 Å². The van der Waals surface area contributed by atoms with Crippen LogP contribution in [-0.2, 0) is 4.79 Å². The predicted octanol–water partition coefficient (Wildman–Crippen LogP) is 2.11. The van der Waals surface area contributed by atoms with Gasteiger partial charge in [0.2, 0.25) is 5.91 Å². The number of carbonyl (C=O) groups excluding carboxylic acids is 1. The van der Waals surface area contributed by atoms with Gasteiger partial charge in [0, 0.05) is 51.4 Å². The van der Waals surface area contributed by atoms with Gasteiger partial charge in [-0.1, -0.05) is 30.3 Å². The van der Waals surface area contributed by atoms with E-state index < -0.39 is 0 Å². The molecule has 1 saturated heterocycles. The van der Waals surface area contributed by atoms with Crippen molar-refractivity contribution >= 4 is 35.8 Å². The number of nitrogens with one attached hydrogen (secondary N) is 4. The molecule has 1 aromatic carbocycles. The molecular weight excluding hydrogens is 491 g/mol. The number of likely N-dealkylation sites (N-methyl/N-ethyl adjacent to an activating group) is 1. The average molecular weight is 530 g/mol. The Morgan fingerprint density at radius 3 is 2.43 bits per heavy atom. The minimum absolute atomic E-state index is 0. The van der Waals surface area contributed by atoms with E-state index in [4.69, 9.17) is 0 Å². The molecule has 2 rings (SSSR count). The summed E-state index contributed by atoms with van der Waals surface area (Å²) in [5, 5.41) is 13.4. The molecule has 1 aliphatic rings. The van der Waals surface area contributed by atoms with E-state index in [1.54, 1.807) is 7.05 Å². The molecule has 1 aliphatic heterocycles. The quantitative estimate of drug-likeness (QED) is 0.235. The van der Waals surface area contributed by atoms with Crippen molar-refractivity contribution in [2.75, 3.05) is 40.3 Å². The maximum absolute atomic E-state index is 11.5. The standard InChI is InChI=1S/C22H38N6O.HI/c1-17(18-9-7-6-8-10-18)27-22(2,3)16-25-21(24-5)26-19-11-13-28(14-12-19)15-20(29)23-4;/h6-10,17,19,27H,11-16H2,1-5H3,(H,23,29)(H2,24,25,26);1H. The molecule has 4 N–H and O–H groups in total. The molecule has 0 aromatic heterocycles. The molecule has 1 atom stereocenters. The minimum Gasteiger partial charge on any atom is -0.358 e. The van der Waals surface area contributed by atoms with E-state index in [0.29, 0.717) is 12.6 Å². The highest BCUT2D eigenvalue weighted by Gasteiger charge is 2.23. The highest BCUT2D eigenvalue weighted by molar-refractivity contribution is 14.0. The Labute approximate surface area is 198 Å². The lowest BCUT2D eigenvalue weighted by molar-refractivity contribution is -0.122. The van der Waals surface area contributed by atoms with Gasteiger partial charge < -0.3 is 21.3 Å². The molecule has 0 aliphatic carbocycles. The van der Waals surface area contributed by atoms with E-state index in [-0.39, 0.29) is 41.5 Å². The maximum Gasteiger partial charge on any atom is 0.233 e. The molecule has 1 fully saturated rings. The first-order valence-electron chi connectivity index (χ1n) is 10.6. The van der Waals surface area contributed by atoms with Crippen molar-refractivity contribution in [3.8, 4) is 0 Å². The normalized spacial score (nSPS) is 17.0. The van der Waals surface area contributed by atoms with Crippen LogP contribution in [0.15, 0.2) is 35.3 Å². The number of benzene rings is 1. The first-order chi connectivity index (χ1) is 13.8. The second-order valence-electron chi connectivity index (χ2n) is 8.45. The summed E-state index contributed by atoms with van der Waals surface area (Å²) >= 11 is 0. The summed E-state index contributed by atoms with van der Waals surface area (Å²) in [4.78, 5) is 18.1. The molecule has 7 nitrogen and oxygen atoms in total. The zero-order valence-electron chi connectivity index (χ0n) is 19.0. The van der Waals surface area contributed by atoms with Crippen LogP contribution in [0.25, 0.3) is 0 Å². The van der Waals surface area contributed by atoms with Crippen LogP contribution in [0, 0.1) is 0 Å². The molecule has 1 heterocycles. The van der Waals surface area contributed by atoms with E-state index in [2.05, 4.69) is 76.2 Å². The van der Waals surface area contributed by atoms with E-state index in [1.165, 1.54) is 5.56 Å². The third-order valence-corrected chi connectivity index (χ3v) is 5.40. The van der Waals surface area contributed by atoms with Crippen molar-refractivity contribution in [2.24, 2.45) is 4.99 Å². The number of piperidine rings is 1. The Bertz CT molecular complexity index is 659. The van der Waals surface area contributed by atoms with Gasteiger partial charge in [0.25, 0.3) is 0 Å². The second-order valence-corrected chi connectivity index (χ2v) is 8.45. The lowest BCUT2D eigenvalue weighted by atomic mass is 10.0.